The van der Waals surface area contributed by atoms with Crippen LogP contribution in [0.15, 0.2) is 52.4 Å². The molecule has 1 fully saturated rings. The molecule has 1 N–H and O–H groups in total. The van der Waals surface area contributed by atoms with Crippen molar-refractivity contribution in [2.24, 2.45) is 4.99 Å². The summed E-state index contributed by atoms with van der Waals surface area (Å²) in [7, 11) is 1.61. The average Bonchev–Trinajstić information content (AvgIpc) is 3.01. The SMILES string of the molecule is CCCOc1ccc(/C=C2\SC(=Nc3ccc(C)cc3)NC2=O)cc1OC. The van der Waals surface area contributed by atoms with E-state index in [1.807, 2.05) is 55.5 Å². The number of nitrogens with one attached hydrogen (secondary N) is 1. The Morgan fingerprint density at radius 1 is 1.15 bits per heavy atom. The molecule has 1 aliphatic heterocycles. The molecule has 6 heteroatoms. The number of hydrogen-bond acceptors (Lipinski definition) is 5. The van der Waals surface area contributed by atoms with Gasteiger partial charge in [-0.05, 0) is 61.0 Å². The fourth-order valence-corrected chi connectivity index (χ4v) is 3.32. The van der Waals surface area contributed by atoms with Crippen LogP contribution in [0, 0.1) is 6.92 Å². The van der Waals surface area contributed by atoms with E-state index < -0.39 is 0 Å². The van der Waals surface area contributed by atoms with Gasteiger partial charge in [0.1, 0.15) is 0 Å². The maximum atomic E-state index is 12.3. The van der Waals surface area contributed by atoms with Gasteiger partial charge in [-0.15, -0.1) is 0 Å². The minimum absolute atomic E-state index is 0.156. The Hall–Kier alpha value is -2.73. The average molecular weight is 382 g/mol. The highest BCUT2D eigenvalue weighted by Crippen LogP contribution is 2.32. The number of nitrogens with zero attached hydrogens (tertiary/aromatic N) is 1. The Balaban J connectivity index is 1.78. The number of methoxy groups -OCH3 is 1. The molecule has 1 aliphatic rings. The van der Waals surface area contributed by atoms with Crippen LogP contribution < -0.4 is 14.8 Å². The molecule has 2 aromatic carbocycles. The Morgan fingerprint density at radius 3 is 2.63 bits per heavy atom. The number of aliphatic imine (C=N–C) groups is 1. The highest BCUT2D eigenvalue weighted by Gasteiger charge is 2.24. The molecule has 3 rings (SSSR count). The summed E-state index contributed by atoms with van der Waals surface area (Å²) in [6.45, 7) is 4.71. The quantitative estimate of drug-likeness (QED) is 0.737. The second-order valence-corrected chi connectivity index (χ2v) is 7.11. The maximum Gasteiger partial charge on any atom is 0.264 e. The van der Waals surface area contributed by atoms with Crippen LogP contribution in [0.3, 0.4) is 0 Å². The number of carbonyl (C=O) groups excluding carboxylic acids is 1. The van der Waals surface area contributed by atoms with Crippen molar-refractivity contribution >= 4 is 34.6 Å². The number of carbonyl (C=O) groups is 1. The number of thioether (sulfide) groups is 1. The number of amidine groups is 1. The van der Waals surface area contributed by atoms with Crippen LogP contribution in [0.1, 0.15) is 24.5 Å². The third-order valence-corrected chi connectivity index (χ3v) is 4.77. The lowest BCUT2D eigenvalue weighted by Crippen LogP contribution is -2.19. The van der Waals surface area contributed by atoms with E-state index >= 15 is 0 Å². The van der Waals surface area contributed by atoms with Crippen LogP contribution in [0.5, 0.6) is 11.5 Å². The summed E-state index contributed by atoms with van der Waals surface area (Å²) in [4.78, 5) is 17.3. The van der Waals surface area contributed by atoms with E-state index in [0.29, 0.717) is 28.2 Å². The summed E-state index contributed by atoms with van der Waals surface area (Å²) >= 11 is 1.32. The number of rotatable bonds is 6. The number of amides is 1. The van der Waals surface area contributed by atoms with Crippen molar-refractivity contribution in [3.05, 3.63) is 58.5 Å². The standard InChI is InChI=1S/C21H22N2O3S/c1-4-11-26-17-10-7-15(12-18(17)25-3)13-19-20(24)23-21(27-19)22-16-8-5-14(2)6-9-16/h5-10,12-13H,4,11H2,1-3H3,(H,22,23,24)/b19-13-. The second-order valence-electron chi connectivity index (χ2n) is 6.08. The lowest BCUT2D eigenvalue weighted by Gasteiger charge is -2.10. The lowest BCUT2D eigenvalue weighted by atomic mass is 10.2. The number of hydrogen-bond donors (Lipinski definition) is 1. The van der Waals surface area contributed by atoms with Crippen molar-refractivity contribution in [2.45, 2.75) is 20.3 Å². The topological polar surface area (TPSA) is 59.9 Å². The van der Waals surface area contributed by atoms with E-state index in [1.165, 1.54) is 17.3 Å². The number of benzene rings is 2. The number of ether oxygens (including phenoxy) is 2. The summed E-state index contributed by atoms with van der Waals surface area (Å²) in [6, 6.07) is 13.5. The Morgan fingerprint density at radius 2 is 1.93 bits per heavy atom. The van der Waals surface area contributed by atoms with Crippen molar-refractivity contribution in [1.82, 2.24) is 5.32 Å². The molecule has 0 aliphatic carbocycles. The van der Waals surface area contributed by atoms with E-state index in [9.17, 15) is 4.79 Å². The van der Waals surface area contributed by atoms with Gasteiger partial charge in [0, 0.05) is 0 Å². The zero-order chi connectivity index (χ0) is 19.2. The Labute approximate surface area is 163 Å². The van der Waals surface area contributed by atoms with Gasteiger partial charge in [-0.25, -0.2) is 4.99 Å². The summed E-state index contributed by atoms with van der Waals surface area (Å²) in [5.41, 5.74) is 2.84. The minimum atomic E-state index is -0.156. The van der Waals surface area contributed by atoms with E-state index in [4.69, 9.17) is 9.47 Å². The van der Waals surface area contributed by atoms with Crippen molar-refractivity contribution in [1.29, 1.82) is 0 Å². The van der Waals surface area contributed by atoms with Gasteiger partial charge in [0.05, 0.1) is 24.3 Å². The summed E-state index contributed by atoms with van der Waals surface area (Å²) in [6.07, 6.45) is 2.75. The Kier molecular flexibility index (Phi) is 6.19. The van der Waals surface area contributed by atoms with Crippen LogP contribution in [0.2, 0.25) is 0 Å². The normalized spacial score (nSPS) is 16.6. The highest BCUT2D eigenvalue weighted by atomic mass is 32.2. The Bertz CT molecular complexity index is 889. The van der Waals surface area contributed by atoms with Crippen molar-refractivity contribution < 1.29 is 14.3 Å². The smallest absolute Gasteiger partial charge is 0.264 e. The van der Waals surface area contributed by atoms with E-state index in [0.717, 1.165) is 17.7 Å². The first-order valence-corrected chi connectivity index (χ1v) is 9.58. The molecule has 5 nitrogen and oxygen atoms in total. The zero-order valence-corrected chi connectivity index (χ0v) is 16.4. The summed E-state index contributed by atoms with van der Waals surface area (Å²) in [5, 5.41) is 3.38. The van der Waals surface area contributed by atoms with E-state index in [1.54, 1.807) is 7.11 Å². The molecule has 2 aromatic rings. The molecule has 0 atom stereocenters. The molecule has 140 valence electrons. The van der Waals surface area contributed by atoms with Gasteiger partial charge >= 0.3 is 0 Å². The molecule has 0 saturated carbocycles. The predicted octanol–water partition coefficient (Wildman–Crippen LogP) is 4.68. The van der Waals surface area contributed by atoms with Crippen molar-refractivity contribution in [2.75, 3.05) is 13.7 Å². The summed E-state index contributed by atoms with van der Waals surface area (Å²) in [5.74, 6) is 1.19. The molecule has 27 heavy (non-hydrogen) atoms. The molecular formula is C21H22N2O3S. The first-order chi connectivity index (χ1) is 13.1. The zero-order valence-electron chi connectivity index (χ0n) is 15.6. The lowest BCUT2D eigenvalue weighted by molar-refractivity contribution is -0.115. The van der Waals surface area contributed by atoms with Crippen LogP contribution in [-0.4, -0.2) is 24.8 Å². The first kappa shape index (κ1) is 19.0. The molecule has 1 heterocycles. The third-order valence-electron chi connectivity index (χ3n) is 3.86. The fourth-order valence-electron chi connectivity index (χ4n) is 2.47. The monoisotopic (exact) mass is 382 g/mol. The summed E-state index contributed by atoms with van der Waals surface area (Å²) < 4.78 is 11.1. The molecule has 0 radical (unpaired) electrons. The van der Waals surface area contributed by atoms with Gasteiger partial charge in [0.2, 0.25) is 0 Å². The van der Waals surface area contributed by atoms with E-state index in [-0.39, 0.29) is 5.91 Å². The fraction of sp³-hybridized carbons (Fsp3) is 0.238. The van der Waals surface area contributed by atoms with Crippen LogP contribution in [-0.2, 0) is 4.79 Å². The van der Waals surface area contributed by atoms with E-state index in [2.05, 4.69) is 17.2 Å². The van der Waals surface area contributed by atoms with Gasteiger partial charge in [-0.3, -0.25) is 4.79 Å². The molecule has 0 bridgehead atoms. The molecular weight excluding hydrogens is 360 g/mol. The number of aryl methyl sites for hydroxylation is 1. The van der Waals surface area contributed by atoms with Gasteiger partial charge in [0.15, 0.2) is 16.7 Å². The maximum absolute atomic E-state index is 12.3. The second kappa shape index (κ2) is 8.77. The van der Waals surface area contributed by atoms with Crippen LogP contribution >= 0.6 is 11.8 Å². The molecule has 0 aromatic heterocycles. The van der Waals surface area contributed by atoms with Gasteiger partial charge in [-0.2, -0.15) is 0 Å². The molecule has 0 spiro atoms. The van der Waals surface area contributed by atoms with Gasteiger partial charge < -0.3 is 14.8 Å². The van der Waals surface area contributed by atoms with Crippen LogP contribution in [0.4, 0.5) is 5.69 Å². The van der Waals surface area contributed by atoms with Crippen molar-refractivity contribution in [3.8, 4) is 11.5 Å². The third kappa shape index (κ3) is 4.92. The van der Waals surface area contributed by atoms with Gasteiger partial charge in [-0.1, -0.05) is 30.7 Å². The predicted molar refractivity (Wildman–Crippen MR) is 111 cm³/mol. The first-order valence-electron chi connectivity index (χ1n) is 8.76. The molecule has 1 amide bonds. The minimum Gasteiger partial charge on any atom is -0.493 e. The van der Waals surface area contributed by atoms with Gasteiger partial charge in [0.25, 0.3) is 5.91 Å². The largest absolute Gasteiger partial charge is 0.493 e. The molecule has 0 unspecified atom stereocenters. The molecule has 1 saturated heterocycles. The highest BCUT2D eigenvalue weighted by molar-refractivity contribution is 8.18. The van der Waals surface area contributed by atoms with Crippen molar-refractivity contribution in [3.63, 3.8) is 0 Å². The van der Waals surface area contributed by atoms with Crippen LogP contribution in [0.25, 0.3) is 6.08 Å².